The average Bonchev–Trinajstić information content (AvgIpc) is 3.22. The minimum atomic E-state index is -0.570. The Morgan fingerprint density at radius 3 is 1.21 bits per heavy atom. The van der Waals surface area contributed by atoms with Crippen LogP contribution >= 0.6 is 0 Å². The Morgan fingerprint density at radius 1 is 0.439 bits per heavy atom. The minimum Gasteiger partial charge on any atom is -0.457 e. The first-order valence-corrected chi connectivity index (χ1v) is 24.2. The number of carbonyl (C=O) groups excluding carboxylic acids is 1. The summed E-state index contributed by atoms with van der Waals surface area (Å²) in [6.07, 6.45) is 69.6. The summed E-state index contributed by atoms with van der Waals surface area (Å²) in [4.78, 5) is 12.3. The molecule has 0 aliphatic heterocycles. The predicted molar refractivity (Wildman–Crippen MR) is 251 cm³/mol. The molecule has 1 atom stereocenters. The normalized spacial score (nSPS) is 13.1. The molecule has 57 heavy (non-hydrogen) atoms. The van der Waals surface area contributed by atoms with Crippen LogP contribution in [0.2, 0.25) is 0 Å². The molecule has 1 unspecified atom stereocenters. The molecule has 0 fully saturated rings. The molecule has 0 radical (unpaired) electrons. The van der Waals surface area contributed by atoms with Crippen molar-refractivity contribution in [2.45, 2.75) is 225 Å². The Kier molecular flexibility index (Phi) is 47.6. The second kappa shape index (κ2) is 49.7. The molecule has 0 aromatic carbocycles. The molecule has 0 aromatic heterocycles. The van der Waals surface area contributed by atoms with Crippen LogP contribution in [0.1, 0.15) is 219 Å². The Hall–Kier alpha value is -2.43. The number of rotatable bonds is 44. The molecule has 0 bridgehead atoms. The van der Waals surface area contributed by atoms with E-state index in [1.807, 2.05) is 0 Å². The summed E-state index contributed by atoms with van der Waals surface area (Å²) in [7, 11) is 0. The van der Waals surface area contributed by atoms with Crippen LogP contribution in [0.25, 0.3) is 0 Å². The van der Waals surface area contributed by atoms with Crippen molar-refractivity contribution in [3.8, 4) is 0 Å². The molecule has 0 spiro atoms. The third-order valence-corrected chi connectivity index (χ3v) is 10.2. The van der Waals surface area contributed by atoms with E-state index in [0.29, 0.717) is 13.0 Å². The first kappa shape index (κ1) is 54.6. The lowest BCUT2D eigenvalue weighted by Gasteiger charge is -2.15. The molecular formula is C53H92O4. The maximum atomic E-state index is 12.3. The van der Waals surface area contributed by atoms with Gasteiger partial charge in [0, 0.05) is 13.0 Å². The molecule has 0 aliphatic rings. The summed E-state index contributed by atoms with van der Waals surface area (Å²) in [6.45, 7) is 5.10. The molecular weight excluding hydrogens is 701 g/mol. The lowest BCUT2D eigenvalue weighted by molar-refractivity contribution is -0.154. The van der Waals surface area contributed by atoms with Crippen molar-refractivity contribution in [3.05, 3.63) is 85.1 Å². The van der Waals surface area contributed by atoms with Crippen molar-refractivity contribution in [2.75, 3.05) is 19.8 Å². The predicted octanol–water partition coefficient (Wildman–Crippen LogP) is 16.3. The first-order valence-electron chi connectivity index (χ1n) is 24.2. The fraction of sp³-hybridized carbons (Fsp3) is 0.717. The molecule has 0 amide bonds. The summed E-state index contributed by atoms with van der Waals surface area (Å²) in [5.41, 5.74) is 0. The fourth-order valence-corrected chi connectivity index (χ4v) is 6.63. The number of aliphatic hydroxyl groups is 1. The third kappa shape index (κ3) is 47.8. The highest BCUT2D eigenvalue weighted by Gasteiger charge is 2.13. The lowest BCUT2D eigenvalue weighted by atomic mass is 10.0. The van der Waals surface area contributed by atoms with Gasteiger partial charge in [0.25, 0.3) is 0 Å². The number of esters is 1. The first-order chi connectivity index (χ1) is 28.2. The van der Waals surface area contributed by atoms with Gasteiger partial charge in [0.1, 0.15) is 6.10 Å². The van der Waals surface area contributed by atoms with Crippen molar-refractivity contribution in [2.24, 2.45) is 0 Å². The van der Waals surface area contributed by atoms with Crippen LogP contribution in [0.15, 0.2) is 85.1 Å². The van der Waals surface area contributed by atoms with E-state index < -0.39 is 6.10 Å². The molecule has 0 aromatic rings. The van der Waals surface area contributed by atoms with Gasteiger partial charge in [-0.25, -0.2) is 0 Å². The molecule has 0 rings (SSSR count). The number of allylic oxidation sites excluding steroid dienone is 14. The number of carbonyl (C=O) groups is 1. The monoisotopic (exact) mass is 793 g/mol. The molecule has 0 saturated heterocycles. The molecule has 0 aliphatic carbocycles. The highest BCUT2D eigenvalue weighted by atomic mass is 16.6. The number of hydrogen-bond donors (Lipinski definition) is 1. The molecule has 4 nitrogen and oxygen atoms in total. The Bertz CT molecular complexity index is 1020. The number of unbranched alkanes of at least 4 members (excludes halogenated alkanes) is 22. The van der Waals surface area contributed by atoms with Gasteiger partial charge < -0.3 is 14.6 Å². The summed E-state index contributed by atoms with van der Waals surface area (Å²) in [6, 6.07) is 0. The van der Waals surface area contributed by atoms with Gasteiger partial charge in [-0.3, -0.25) is 4.79 Å². The molecule has 4 heteroatoms. The van der Waals surface area contributed by atoms with E-state index in [4.69, 9.17) is 9.47 Å². The summed E-state index contributed by atoms with van der Waals surface area (Å²) < 4.78 is 11.1. The third-order valence-electron chi connectivity index (χ3n) is 10.2. The van der Waals surface area contributed by atoms with Crippen molar-refractivity contribution < 1.29 is 19.4 Å². The number of ether oxygens (including phenoxy) is 2. The average molecular weight is 793 g/mol. The Morgan fingerprint density at radius 2 is 0.789 bits per heavy atom. The molecule has 0 saturated carbocycles. The van der Waals surface area contributed by atoms with E-state index in [2.05, 4.69) is 98.9 Å². The van der Waals surface area contributed by atoms with Crippen LogP contribution in [0, 0.1) is 0 Å². The van der Waals surface area contributed by atoms with Gasteiger partial charge >= 0.3 is 5.97 Å². The van der Waals surface area contributed by atoms with Gasteiger partial charge in [-0.05, 0) is 83.5 Å². The highest BCUT2D eigenvalue weighted by Crippen LogP contribution is 2.15. The smallest absolute Gasteiger partial charge is 0.306 e. The quantitative estimate of drug-likeness (QED) is 0.0379. The maximum absolute atomic E-state index is 12.3. The zero-order chi connectivity index (χ0) is 41.2. The number of aliphatic hydroxyl groups excluding tert-OH is 1. The van der Waals surface area contributed by atoms with Crippen molar-refractivity contribution >= 4 is 5.97 Å². The SMILES string of the molecule is CC/C=C\C/C=C\C/C=C\C/C=C\C/C=C\C/C=C\CCCOCC(CO)OC(=O)CCCCCCCCCCCCCCC/C=C\CCCCCCCCCC. The maximum Gasteiger partial charge on any atom is 0.306 e. The van der Waals surface area contributed by atoms with Crippen LogP contribution in [-0.2, 0) is 14.3 Å². The largest absolute Gasteiger partial charge is 0.457 e. The van der Waals surface area contributed by atoms with Crippen molar-refractivity contribution in [3.63, 3.8) is 0 Å². The van der Waals surface area contributed by atoms with E-state index in [0.717, 1.165) is 64.2 Å². The second-order valence-corrected chi connectivity index (χ2v) is 15.8. The van der Waals surface area contributed by atoms with E-state index >= 15 is 0 Å². The van der Waals surface area contributed by atoms with Crippen LogP contribution < -0.4 is 0 Å². The second-order valence-electron chi connectivity index (χ2n) is 15.8. The van der Waals surface area contributed by atoms with Crippen molar-refractivity contribution in [1.82, 2.24) is 0 Å². The standard InChI is InChI=1S/C53H92O4/c1-3-5-7-9-11-13-15-17-19-21-23-25-26-27-28-29-30-32-34-36-38-40-42-44-46-48-53(55)57-52(50-54)51-56-49-47-45-43-41-39-37-35-33-31-24-22-20-18-16-14-12-10-8-6-4-2/h6,8,12,14,18,20-21,23-24,31,35,37,41,43,52,54H,3-5,7,9-11,13,15-17,19,22,25-30,32-34,36,38-40,42,44-51H2,1-2H3/b8-6-,14-12-,20-18-,23-21-,31-24-,37-35-,43-41-. The Labute approximate surface area is 354 Å². The van der Waals surface area contributed by atoms with Gasteiger partial charge in [0.2, 0.25) is 0 Å². The lowest BCUT2D eigenvalue weighted by Crippen LogP contribution is -2.27. The van der Waals surface area contributed by atoms with Crippen LogP contribution in [0.4, 0.5) is 0 Å². The van der Waals surface area contributed by atoms with E-state index in [1.165, 1.54) is 135 Å². The van der Waals surface area contributed by atoms with Gasteiger partial charge in [-0.2, -0.15) is 0 Å². The summed E-state index contributed by atoms with van der Waals surface area (Å²) in [5.74, 6) is -0.221. The van der Waals surface area contributed by atoms with Gasteiger partial charge in [0.05, 0.1) is 13.2 Å². The summed E-state index contributed by atoms with van der Waals surface area (Å²) in [5, 5.41) is 9.62. The highest BCUT2D eigenvalue weighted by molar-refractivity contribution is 5.69. The summed E-state index contributed by atoms with van der Waals surface area (Å²) >= 11 is 0. The molecule has 0 heterocycles. The fourth-order valence-electron chi connectivity index (χ4n) is 6.63. The number of hydrogen-bond acceptors (Lipinski definition) is 4. The molecule has 328 valence electrons. The zero-order valence-corrected chi connectivity index (χ0v) is 37.6. The topological polar surface area (TPSA) is 55.8 Å². The zero-order valence-electron chi connectivity index (χ0n) is 37.6. The van der Waals surface area contributed by atoms with E-state index in [9.17, 15) is 9.90 Å². The minimum absolute atomic E-state index is 0.198. The van der Waals surface area contributed by atoms with Gasteiger partial charge in [-0.15, -0.1) is 0 Å². The van der Waals surface area contributed by atoms with E-state index in [-0.39, 0.29) is 19.2 Å². The van der Waals surface area contributed by atoms with Gasteiger partial charge in [0.15, 0.2) is 0 Å². The van der Waals surface area contributed by atoms with Crippen LogP contribution in [-0.4, -0.2) is 37.0 Å². The van der Waals surface area contributed by atoms with Gasteiger partial charge in [-0.1, -0.05) is 214 Å². The molecule has 1 N–H and O–H groups in total. The van der Waals surface area contributed by atoms with E-state index in [1.54, 1.807) is 0 Å². The van der Waals surface area contributed by atoms with Crippen molar-refractivity contribution in [1.29, 1.82) is 0 Å². The Balaban J connectivity index is 3.50. The van der Waals surface area contributed by atoms with Crippen LogP contribution in [0.5, 0.6) is 0 Å². The van der Waals surface area contributed by atoms with Crippen LogP contribution in [0.3, 0.4) is 0 Å².